The van der Waals surface area contributed by atoms with Gasteiger partial charge in [-0.15, -0.1) is 0 Å². The lowest BCUT2D eigenvalue weighted by Gasteiger charge is -2.21. The number of ether oxygens (including phenoxy) is 1. The van der Waals surface area contributed by atoms with Crippen LogP contribution >= 0.6 is 6.64 Å². The predicted molar refractivity (Wildman–Crippen MR) is 68.1 cm³/mol. The summed E-state index contributed by atoms with van der Waals surface area (Å²) in [6.45, 7) is 4.98. The summed E-state index contributed by atoms with van der Waals surface area (Å²) >= 11 is 5.31. The molecule has 1 N–H and O–H groups in total. The summed E-state index contributed by atoms with van der Waals surface area (Å²) in [4.78, 5) is 4.34. The van der Waals surface area contributed by atoms with Crippen molar-refractivity contribution in [2.24, 2.45) is 4.99 Å². The minimum absolute atomic E-state index is 0.217. The Bertz CT molecular complexity index is 288. The zero-order valence-corrected chi connectivity index (χ0v) is 11.6. The number of hydrogen-bond acceptors (Lipinski definition) is 5. The second-order valence-electron chi connectivity index (χ2n) is 3.25. The third-order valence-corrected chi connectivity index (χ3v) is 4.58. The zero-order chi connectivity index (χ0) is 12.0. The molecule has 0 fully saturated rings. The Kier molecular flexibility index (Phi) is 5.69. The third-order valence-electron chi connectivity index (χ3n) is 2.01. The molecule has 0 aromatic carbocycles. The average Bonchev–Trinajstić information content (AvgIpc) is 2.65. The van der Waals surface area contributed by atoms with Gasteiger partial charge in [-0.2, -0.15) is 0 Å². The lowest BCUT2D eigenvalue weighted by molar-refractivity contribution is 0.256. The highest BCUT2D eigenvalue weighted by Gasteiger charge is 2.25. The van der Waals surface area contributed by atoms with Gasteiger partial charge >= 0.3 is 0 Å². The molecule has 0 saturated carbocycles. The van der Waals surface area contributed by atoms with Crippen LogP contribution < -0.4 is 5.09 Å². The topological polar surface area (TPSA) is 52.1 Å². The Morgan fingerprint density at radius 1 is 1.44 bits per heavy atom. The van der Waals surface area contributed by atoms with Crippen LogP contribution in [0.25, 0.3) is 0 Å². The summed E-state index contributed by atoms with van der Waals surface area (Å²) in [6.07, 6.45) is 0.956. The van der Waals surface area contributed by atoms with Crippen LogP contribution in [0.15, 0.2) is 4.99 Å². The first-order valence-corrected chi connectivity index (χ1v) is 8.15. The molecule has 1 rings (SSSR count). The molecule has 0 amide bonds. The van der Waals surface area contributed by atoms with Gasteiger partial charge < -0.3 is 13.8 Å². The molecular formula is C9H19N2O3PS. The quantitative estimate of drug-likeness (QED) is 0.746. The number of nitrogens with zero attached hydrogens (tertiary/aromatic N) is 1. The maximum atomic E-state index is 5.43. The van der Waals surface area contributed by atoms with E-state index in [1.54, 1.807) is 0 Å². The summed E-state index contributed by atoms with van der Waals surface area (Å²) < 4.78 is 16.2. The first-order chi connectivity index (χ1) is 7.63. The summed E-state index contributed by atoms with van der Waals surface area (Å²) in [6, 6.07) is 0.672. The van der Waals surface area contributed by atoms with Gasteiger partial charge in [-0.1, -0.05) is 6.92 Å². The van der Waals surface area contributed by atoms with Crippen molar-refractivity contribution >= 4 is 24.5 Å². The van der Waals surface area contributed by atoms with Crippen LogP contribution in [0.2, 0.25) is 0 Å². The summed E-state index contributed by atoms with van der Waals surface area (Å²) in [5, 5.41) is 2.97. The molecule has 1 heterocycles. The summed E-state index contributed by atoms with van der Waals surface area (Å²) in [7, 11) is 0. The molecule has 0 radical (unpaired) electrons. The van der Waals surface area contributed by atoms with E-state index in [1.807, 2.05) is 13.8 Å². The molecule has 5 nitrogen and oxygen atoms in total. The molecule has 0 bridgehead atoms. The normalized spacial score (nSPS) is 20.4. The van der Waals surface area contributed by atoms with Crippen molar-refractivity contribution in [3.8, 4) is 0 Å². The van der Waals surface area contributed by atoms with Crippen molar-refractivity contribution in [3.05, 3.63) is 0 Å². The van der Waals surface area contributed by atoms with Gasteiger partial charge in [0.2, 0.25) is 0 Å². The Morgan fingerprint density at radius 3 is 2.50 bits per heavy atom. The smallest absolute Gasteiger partial charge is 0.292 e. The maximum Gasteiger partial charge on any atom is 0.292 e. The standard InChI is InChI=1S/C9H19N2O3PS/c1-4-8-7-12-9(10-8)11-15(16,13-5-2)14-6-3/h8H,4-7H2,1-3H3,(H,10,11,16). The fraction of sp³-hybridized carbons (Fsp3) is 0.889. The van der Waals surface area contributed by atoms with Crippen LogP contribution in [0.3, 0.4) is 0 Å². The number of amidine groups is 1. The van der Waals surface area contributed by atoms with Crippen molar-refractivity contribution in [3.63, 3.8) is 0 Å². The molecule has 1 aliphatic rings. The van der Waals surface area contributed by atoms with Gasteiger partial charge in [0, 0.05) is 0 Å². The van der Waals surface area contributed by atoms with E-state index < -0.39 is 6.64 Å². The van der Waals surface area contributed by atoms with E-state index in [-0.39, 0.29) is 6.04 Å². The number of aliphatic imine (C=N–C) groups is 1. The lowest BCUT2D eigenvalue weighted by atomic mass is 10.3. The fourth-order valence-electron chi connectivity index (χ4n) is 1.24. The molecule has 1 atom stereocenters. The highest BCUT2D eigenvalue weighted by molar-refractivity contribution is 8.09. The minimum Gasteiger partial charge on any atom is -0.463 e. The van der Waals surface area contributed by atoms with Crippen molar-refractivity contribution in [1.29, 1.82) is 0 Å². The monoisotopic (exact) mass is 266 g/mol. The van der Waals surface area contributed by atoms with Gasteiger partial charge in [-0.3, -0.25) is 5.09 Å². The van der Waals surface area contributed by atoms with E-state index in [2.05, 4.69) is 17.0 Å². The van der Waals surface area contributed by atoms with Gasteiger partial charge in [0.05, 0.1) is 19.3 Å². The van der Waals surface area contributed by atoms with Crippen LogP contribution in [0, 0.1) is 0 Å². The van der Waals surface area contributed by atoms with Crippen LogP contribution in [0.5, 0.6) is 0 Å². The second kappa shape index (κ2) is 6.55. The Morgan fingerprint density at radius 2 is 2.06 bits per heavy atom. The van der Waals surface area contributed by atoms with Crippen LogP contribution in [-0.2, 0) is 25.6 Å². The van der Waals surface area contributed by atoms with Crippen molar-refractivity contribution in [2.75, 3.05) is 19.8 Å². The zero-order valence-electron chi connectivity index (χ0n) is 9.93. The lowest BCUT2D eigenvalue weighted by Crippen LogP contribution is -2.23. The maximum absolute atomic E-state index is 5.43. The molecule has 7 heteroatoms. The molecule has 0 aromatic rings. The van der Waals surface area contributed by atoms with Crippen molar-refractivity contribution in [1.82, 2.24) is 5.09 Å². The van der Waals surface area contributed by atoms with Crippen LogP contribution in [0.1, 0.15) is 27.2 Å². The fourth-order valence-corrected chi connectivity index (χ4v) is 3.35. The van der Waals surface area contributed by atoms with Crippen LogP contribution in [0.4, 0.5) is 0 Å². The Labute approximate surface area is 102 Å². The van der Waals surface area contributed by atoms with Gasteiger partial charge in [-0.25, -0.2) is 4.99 Å². The molecule has 0 aromatic heterocycles. The van der Waals surface area contributed by atoms with Gasteiger partial charge in [0.15, 0.2) is 0 Å². The molecular weight excluding hydrogens is 247 g/mol. The first-order valence-electron chi connectivity index (χ1n) is 5.51. The molecule has 0 aliphatic carbocycles. The average molecular weight is 266 g/mol. The summed E-state index contributed by atoms with van der Waals surface area (Å²) in [5.41, 5.74) is 0. The summed E-state index contributed by atoms with van der Waals surface area (Å²) in [5.74, 6) is 0. The van der Waals surface area contributed by atoms with Gasteiger partial charge in [0.25, 0.3) is 12.7 Å². The number of nitrogens with one attached hydrogen (secondary N) is 1. The Balaban J connectivity index is 2.59. The predicted octanol–water partition coefficient (Wildman–Crippen LogP) is 2.04. The van der Waals surface area contributed by atoms with Gasteiger partial charge in [-0.05, 0) is 32.1 Å². The highest BCUT2D eigenvalue weighted by Crippen LogP contribution is 2.44. The number of hydrogen-bond donors (Lipinski definition) is 1. The SMILES string of the molecule is CCOP(=S)(NC1=NC(CC)CO1)OCC. The molecule has 94 valence electrons. The minimum atomic E-state index is -2.48. The molecule has 1 aliphatic heterocycles. The van der Waals surface area contributed by atoms with Crippen molar-refractivity contribution in [2.45, 2.75) is 33.2 Å². The molecule has 16 heavy (non-hydrogen) atoms. The van der Waals surface area contributed by atoms with Crippen LogP contribution in [-0.4, -0.2) is 31.9 Å². The van der Waals surface area contributed by atoms with E-state index in [9.17, 15) is 0 Å². The van der Waals surface area contributed by atoms with E-state index >= 15 is 0 Å². The van der Waals surface area contributed by atoms with Gasteiger partial charge in [0.1, 0.15) is 6.61 Å². The van der Waals surface area contributed by atoms with E-state index in [0.717, 1.165) is 6.42 Å². The third kappa shape index (κ3) is 4.01. The Hall–Kier alpha value is -0.160. The molecule has 0 saturated heterocycles. The molecule has 1 unspecified atom stereocenters. The van der Waals surface area contributed by atoms with E-state index in [1.165, 1.54) is 0 Å². The number of rotatable bonds is 6. The highest BCUT2D eigenvalue weighted by atomic mass is 32.5. The second-order valence-corrected chi connectivity index (χ2v) is 6.43. The molecule has 0 spiro atoms. The van der Waals surface area contributed by atoms with E-state index in [4.69, 9.17) is 25.6 Å². The first kappa shape index (κ1) is 13.9. The largest absolute Gasteiger partial charge is 0.463 e. The van der Waals surface area contributed by atoms with Crippen molar-refractivity contribution < 1.29 is 13.8 Å². The van der Waals surface area contributed by atoms with E-state index in [0.29, 0.717) is 25.8 Å².